The molecule has 0 atom stereocenters. The number of ether oxygens (including phenoxy) is 1. The summed E-state index contributed by atoms with van der Waals surface area (Å²) in [4.78, 5) is 24.4. The molecule has 0 fully saturated rings. The van der Waals surface area contributed by atoms with Crippen molar-refractivity contribution in [2.24, 2.45) is 0 Å². The maximum atomic E-state index is 12.4. The smallest absolute Gasteiger partial charge is 0.255 e. The Labute approximate surface area is 161 Å². The number of benzene rings is 2. The van der Waals surface area contributed by atoms with Crippen molar-refractivity contribution in [3.63, 3.8) is 0 Å². The summed E-state index contributed by atoms with van der Waals surface area (Å²) in [6.45, 7) is 7.61. The van der Waals surface area contributed by atoms with Gasteiger partial charge in [0.25, 0.3) is 11.8 Å². The highest BCUT2D eigenvalue weighted by atomic mass is 16.5. The maximum Gasteiger partial charge on any atom is 0.255 e. The lowest BCUT2D eigenvalue weighted by atomic mass is 9.87. The summed E-state index contributed by atoms with van der Waals surface area (Å²) in [5, 5.41) is 5.70. The van der Waals surface area contributed by atoms with E-state index < -0.39 is 0 Å². The molecule has 2 rings (SSSR count). The van der Waals surface area contributed by atoms with E-state index in [0.717, 1.165) is 12.1 Å². The first kappa shape index (κ1) is 20.6. The second-order valence-corrected chi connectivity index (χ2v) is 7.46. The van der Waals surface area contributed by atoms with E-state index >= 15 is 0 Å². The molecule has 2 aromatic rings. The molecule has 2 N–H and O–H groups in total. The first-order valence-corrected chi connectivity index (χ1v) is 9.10. The Morgan fingerprint density at radius 1 is 0.889 bits per heavy atom. The lowest BCUT2D eigenvalue weighted by molar-refractivity contribution is 0.0947. The molecule has 0 radical (unpaired) electrons. The Morgan fingerprint density at radius 2 is 1.44 bits per heavy atom. The lowest BCUT2D eigenvalue weighted by Crippen LogP contribution is -2.25. The van der Waals surface area contributed by atoms with E-state index in [9.17, 15) is 9.59 Å². The van der Waals surface area contributed by atoms with Crippen molar-refractivity contribution in [2.75, 3.05) is 25.6 Å². The highest BCUT2D eigenvalue weighted by Crippen LogP contribution is 2.23. The van der Waals surface area contributed by atoms with Crippen LogP contribution in [0.1, 0.15) is 53.5 Å². The van der Waals surface area contributed by atoms with E-state index in [4.69, 9.17) is 4.74 Å². The van der Waals surface area contributed by atoms with Crippen LogP contribution in [0.5, 0.6) is 0 Å². The van der Waals surface area contributed by atoms with Gasteiger partial charge in [-0.3, -0.25) is 9.59 Å². The summed E-state index contributed by atoms with van der Waals surface area (Å²) in [7, 11) is 1.63. The van der Waals surface area contributed by atoms with Gasteiger partial charge in [0.1, 0.15) is 0 Å². The second-order valence-electron chi connectivity index (χ2n) is 7.46. The van der Waals surface area contributed by atoms with E-state index in [1.54, 1.807) is 31.4 Å². The monoisotopic (exact) mass is 368 g/mol. The summed E-state index contributed by atoms with van der Waals surface area (Å²) in [5.74, 6) is -0.360. The topological polar surface area (TPSA) is 67.4 Å². The standard InChI is InChI=1S/C22H28N2O3/c1-22(2,3)18-10-12-19(13-11-18)24-21(26)17-8-6-16(7-9-17)20(25)23-14-5-15-27-4/h6-13H,5,14-15H2,1-4H3,(H,23,25)(H,24,26). The molecule has 2 amide bonds. The molecule has 2 aromatic carbocycles. The number of methoxy groups -OCH3 is 1. The zero-order chi connectivity index (χ0) is 19.9. The first-order chi connectivity index (χ1) is 12.8. The fourth-order valence-electron chi connectivity index (χ4n) is 2.55. The highest BCUT2D eigenvalue weighted by molar-refractivity contribution is 6.05. The second kappa shape index (κ2) is 9.33. The Kier molecular flexibility index (Phi) is 7.13. The van der Waals surface area contributed by atoms with Gasteiger partial charge in [-0.1, -0.05) is 32.9 Å². The molecule has 5 heteroatoms. The predicted octanol–water partition coefficient (Wildman–Crippen LogP) is 4.00. The number of carbonyl (C=O) groups is 2. The Bertz CT molecular complexity index is 760. The predicted molar refractivity (Wildman–Crippen MR) is 108 cm³/mol. The van der Waals surface area contributed by atoms with Gasteiger partial charge in [-0.25, -0.2) is 0 Å². The summed E-state index contributed by atoms with van der Waals surface area (Å²) >= 11 is 0. The summed E-state index contributed by atoms with van der Waals surface area (Å²) in [6.07, 6.45) is 0.761. The van der Waals surface area contributed by atoms with Crippen LogP contribution in [0.3, 0.4) is 0 Å². The molecule has 27 heavy (non-hydrogen) atoms. The van der Waals surface area contributed by atoms with Crippen molar-refractivity contribution >= 4 is 17.5 Å². The number of rotatable bonds is 7. The average Bonchev–Trinajstić information content (AvgIpc) is 2.65. The number of hydrogen-bond acceptors (Lipinski definition) is 3. The third kappa shape index (κ3) is 6.22. The Balaban J connectivity index is 1.94. The minimum absolute atomic E-state index is 0.0719. The van der Waals surface area contributed by atoms with Gasteiger partial charge in [0.05, 0.1) is 0 Å². The normalized spacial score (nSPS) is 11.1. The number of anilines is 1. The van der Waals surface area contributed by atoms with Gasteiger partial charge in [0.15, 0.2) is 0 Å². The fraction of sp³-hybridized carbons (Fsp3) is 0.364. The van der Waals surface area contributed by atoms with Gasteiger partial charge in [0, 0.05) is 37.1 Å². The van der Waals surface area contributed by atoms with Crippen LogP contribution in [0, 0.1) is 0 Å². The molecule has 0 spiro atoms. The average molecular weight is 368 g/mol. The Morgan fingerprint density at radius 3 is 1.96 bits per heavy atom. The molecule has 0 aromatic heterocycles. The molecule has 0 aliphatic rings. The first-order valence-electron chi connectivity index (χ1n) is 9.10. The summed E-state index contributed by atoms with van der Waals surface area (Å²) < 4.78 is 4.95. The molecule has 0 bridgehead atoms. The van der Waals surface area contributed by atoms with Crippen LogP contribution < -0.4 is 10.6 Å². The molecule has 0 saturated heterocycles. The molecule has 0 saturated carbocycles. The van der Waals surface area contributed by atoms with E-state index in [0.29, 0.717) is 24.3 Å². The highest BCUT2D eigenvalue weighted by Gasteiger charge is 2.14. The molecule has 0 unspecified atom stereocenters. The molecule has 0 aliphatic carbocycles. The van der Waals surface area contributed by atoms with E-state index in [2.05, 4.69) is 31.4 Å². The number of amides is 2. The van der Waals surface area contributed by atoms with Crippen molar-refractivity contribution in [1.29, 1.82) is 0 Å². The zero-order valence-electron chi connectivity index (χ0n) is 16.5. The van der Waals surface area contributed by atoms with Crippen LogP contribution in [0.25, 0.3) is 0 Å². The van der Waals surface area contributed by atoms with Gasteiger partial charge < -0.3 is 15.4 Å². The van der Waals surface area contributed by atoms with E-state index in [1.807, 2.05) is 24.3 Å². The van der Waals surface area contributed by atoms with Crippen molar-refractivity contribution in [3.8, 4) is 0 Å². The van der Waals surface area contributed by atoms with E-state index in [-0.39, 0.29) is 17.2 Å². The van der Waals surface area contributed by atoms with Crippen LogP contribution in [-0.2, 0) is 10.2 Å². The van der Waals surface area contributed by atoms with Gasteiger partial charge in [-0.05, 0) is 53.8 Å². The van der Waals surface area contributed by atoms with Crippen molar-refractivity contribution in [2.45, 2.75) is 32.6 Å². The molecule has 0 heterocycles. The third-order valence-electron chi connectivity index (χ3n) is 4.23. The number of nitrogens with one attached hydrogen (secondary N) is 2. The molecular formula is C22H28N2O3. The van der Waals surface area contributed by atoms with Crippen molar-refractivity contribution in [1.82, 2.24) is 5.32 Å². The minimum atomic E-state index is -0.203. The zero-order valence-corrected chi connectivity index (χ0v) is 16.5. The van der Waals surface area contributed by atoms with Gasteiger partial charge in [-0.15, -0.1) is 0 Å². The minimum Gasteiger partial charge on any atom is -0.385 e. The number of hydrogen-bond donors (Lipinski definition) is 2. The molecular weight excluding hydrogens is 340 g/mol. The molecule has 0 aliphatic heterocycles. The van der Waals surface area contributed by atoms with Crippen molar-refractivity contribution in [3.05, 3.63) is 65.2 Å². The molecule has 5 nitrogen and oxygen atoms in total. The third-order valence-corrected chi connectivity index (χ3v) is 4.23. The van der Waals surface area contributed by atoms with Crippen LogP contribution in [0.2, 0.25) is 0 Å². The summed E-state index contributed by atoms with van der Waals surface area (Å²) in [5.41, 5.74) is 3.06. The van der Waals surface area contributed by atoms with Gasteiger partial charge >= 0.3 is 0 Å². The fourth-order valence-corrected chi connectivity index (χ4v) is 2.55. The van der Waals surface area contributed by atoms with Crippen LogP contribution >= 0.6 is 0 Å². The lowest BCUT2D eigenvalue weighted by Gasteiger charge is -2.19. The molecule has 144 valence electrons. The van der Waals surface area contributed by atoms with Crippen LogP contribution in [-0.4, -0.2) is 32.1 Å². The van der Waals surface area contributed by atoms with Crippen LogP contribution in [0.15, 0.2) is 48.5 Å². The number of carbonyl (C=O) groups excluding carboxylic acids is 2. The van der Waals surface area contributed by atoms with E-state index in [1.165, 1.54) is 5.56 Å². The largest absolute Gasteiger partial charge is 0.385 e. The van der Waals surface area contributed by atoms with Crippen molar-refractivity contribution < 1.29 is 14.3 Å². The summed E-state index contributed by atoms with van der Waals surface area (Å²) in [6, 6.07) is 14.5. The Hall–Kier alpha value is -2.66. The van der Waals surface area contributed by atoms with Gasteiger partial charge in [-0.2, -0.15) is 0 Å². The SMILES string of the molecule is COCCCNC(=O)c1ccc(C(=O)Nc2ccc(C(C)(C)C)cc2)cc1. The van der Waals surface area contributed by atoms with Gasteiger partial charge in [0.2, 0.25) is 0 Å². The van der Waals surface area contributed by atoms with Crippen LogP contribution in [0.4, 0.5) is 5.69 Å². The maximum absolute atomic E-state index is 12.4. The quantitative estimate of drug-likeness (QED) is 0.726.